The molecule has 1 N–H and O–H groups in total. The second-order valence-corrected chi connectivity index (χ2v) is 5.08. The lowest BCUT2D eigenvalue weighted by Crippen LogP contribution is -2.25. The first kappa shape index (κ1) is 10.5. The van der Waals surface area contributed by atoms with Gasteiger partial charge in [0.1, 0.15) is 0 Å². The van der Waals surface area contributed by atoms with Crippen LogP contribution >= 0.6 is 0 Å². The number of hydrogen-bond donors (Lipinski definition) is 1. The highest BCUT2D eigenvalue weighted by atomic mass is 15.1. The lowest BCUT2D eigenvalue weighted by molar-refractivity contribution is 0.556. The number of hydrogen-bond acceptors (Lipinski definition) is 2. The van der Waals surface area contributed by atoms with Gasteiger partial charge in [0.15, 0.2) is 0 Å². The largest absolute Gasteiger partial charge is 0.373 e. The third-order valence-corrected chi connectivity index (χ3v) is 3.22. The molecule has 82 valence electrons. The quantitative estimate of drug-likeness (QED) is 0.794. The van der Waals surface area contributed by atoms with E-state index in [0.717, 1.165) is 13.1 Å². The molecule has 1 heterocycles. The number of anilines is 1. The van der Waals surface area contributed by atoms with E-state index >= 15 is 0 Å². The summed E-state index contributed by atoms with van der Waals surface area (Å²) >= 11 is 0. The zero-order valence-corrected chi connectivity index (χ0v) is 10.1. The van der Waals surface area contributed by atoms with E-state index in [-0.39, 0.29) is 5.41 Å². The number of fused-ring (bicyclic) bond motifs is 1. The van der Waals surface area contributed by atoms with Crippen molar-refractivity contribution in [1.82, 2.24) is 5.32 Å². The molecule has 1 aliphatic rings. The Kier molecular flexibility index (Phi) is 2.47. The fourth-order valence-corrected chi connectivity index (χ4v) is 2.78. The molecule has 0 saturated heterocycles. The molecule has 0 bridgehead atoms. The number of likely N-dealkylation sites (N-methyl/N-ethyl adjacent to an activating group) is 1. The van der Waals surface area contributed by atoms with Gasteiger partial charge < -0.3 is 10.2 Å². The average Bonchev–Trinajstić information content (AvgIpc) is 2.39. The van der Waals surface area contributed by atoms with E-state index in [1.807, 2.05) is 7.05 Å². The predicted molar refractivity (Wildman–Crippen MR) is 65.5 cm³/mol. The summed E-state index contributed by atoms with van der Waals surface area (Å²) in [7, 11) is 4.18. The highest BCUT2D eigenvalue weighted by molar-refractivity contribution is 5.64. The summed E-state index contributed by atoms with van der Waals surface area (Å²) in [4.78, 5) is 2.36. The van der Waals surface area contributed by atoms with Crippen LogP contribution in [-0.4, -0.2) is 20.6 Å². The molecule has 1 aliphatic heterocycles. The fourth-order valence-electron chi connectivity index (χ4n) is 2.78. The van der Waals surface area contributed by atoms with Gasteiger partial charge in [0.05, 0.1) is 0 Å². The van der Waals surface area contributed by atoms with E-state index in [2.05, 4.69) is 49.3 Å². The van der Waals surface area contributed by atoms with Crippen LogP contribution < -0.4 is 10.2 Å². The smallest absolute Gasteiger partial charge is 0.0405 e. The summed E-state index contributed by atoms with van der Waals surface area (Å²) in [5, 5.41) is 3.25. The van der Waals surface area contributed by atoms with Gasteiger partial charge in [0, 0.05) is 31.2 Å². The Morgan fingerprint density at radius 2 is 2.13 bits per heavy atom. The Hall–Kier alpha value is -1.02. The van der Waals surface area contributed by atoms with Crippen LogP contribution in [0.2, 0.25) is 0 Å². The summed E-state index contributed by atoms with van der Waals surface area (Å²) in [6.07, 6.45) is 0. The van der Waals surface area contributed by atoms with Crippen LogP contribution in [0.1, 0.15) is 25.0 Å². The molecule has 0 fully saturated rings. The fraction of sp³-hybridized carbons (Fsp3) is 0.538. The van der Waals surface area contributed by atoms with Crippen LogP contribution in [-0.2, 0) is 12.0 Å². The normalized spacial score (nSPS) is 18.0. The minimum absolute atomic E-state index is 0.275. The van der Waals surface area contributed by atoms with Gasteiger partial charge in [-0.25, -0.2) is 0 Å². The maximum Gasteiger partial charge on any atom is 0.0405 e. The van der Waals surface area contributed by atoms with Gasteiger partial charge in [-0.1, -0.05) is 26.0 Å². The first-order valence-corrected chi connectivity index (χ1v) is 5.54. The molecule has 2 nitrogen and oxygen atoms in total. The van der Waals surface area contributed by atoms with Crippen molar-refractivity contribution in [2.45, 2.75) is 25.8 Å². The van der Waals surface area contributed by atoms with Crippen molar-refractivity contribution in [3.05, 3.63) is 29.3 Å². The lowest BCUT2D eigenvalue weighted by atomic mass is 9.84. The second kappa shape index (κ2) is 3.53. The van der Waals surface area contributed by atoms with Gasteiger partial charge in [-0.15, -0.1) is 0 Å². The van der Waals surface area contributed by atoms with E-state index < -0.39 is 0 Å². The molecule has 0 spiro atoms. The van der Waals surface area contributed by atoms with Crippen molar-refractivity contribution < 1.29 is 0 Å². The Morgan fingerprint density at radius 3 is 2.80 bits per heavy atom. The molecule has 1 aromatic carbocycles. The molecular formula is C13H20N2. The summed E-state index contributed by atoms with van der Waals surface area (Å²) in [5.41, 5.74) is 4.62. The summed E-state index contributed by atoms with van der Waals surface area (Å²) < 4.78 is 0. The highest BCUT2D eigenvalue weighted by Crippen LogP contribution is 2.41. The highest BCUT2D eigenvalue weighted by Gasteiger charge is 2.34. The average molecular weight is 204 g/mol. The molecule has 15 heavy (non-hydrogen) atoms. The topological polar surface area (TPSA) is 15.3 Å². The zero-order valence-electron chi connectivity index (χ0n) is 10.1. The number of benzene rings is 1. The molecule has 0 amide bonds. The minimum Gasteiger partial charge on any atom is -0.373 e. The van der Waals surface area contributed by atoms with Crippen molar-refractivity contribution in [1.29, 1.82) is 0 Å². The maximum atomic E-state index is 3.25. The second-order valence-electron chi connectivity index (χ2n) is 5.08. The van der Waals surface area contributed by atoms with Gasteiger partial charge >= 0.3 is 0 Å². The molecule has 0 aromatic heterocycles. The van der Waals surface area contributed by atoms with E-state index in [9.17, 15) is 0 Å². The molecular weight excluding hydrogens is 184 g/mol. The summed E-state index contributed by atoms with van der Waals surface area (Å²) in [6, 6.07) is 6.61. The molecule has 2 rings (SSSR count). The Labute approximate surface area is 92.3 Å². The first-order chi connectivity index (χ1) is 7.06. The van der Waals surface area contributed by atoms with Crippen molar-refractivity contribution in [3.8, 4) is 0 Å². The van der Waals surface area contributed by atoms with Crippen LogP contribution in [0.5, 0.6) is 0 Å². The Bertz CT molecular complexity index is 369. The molecule has 0 saturated carbocycles. The first-order valence-electron chi connectivity index (χ1n) is 5.54. The SMILES string of the molecule is CNCc1cccc2c1C(C)(C)CN2C. The monoisotopic (exact) mass is 204 g/mol. The maximum absolute atomic E-state index is 3.25. The van der Waals surface area contributed by atoms with E-state index in [0.29, 0.717) is 0 Å². The molecule has 2 heteroatoms. The van der Waals surface area contributed by atoms with Crippen LogP contribution in [0.4, 0.5) is 5.69 Å². The van der Waals surface area contributed by atoms with Crippen molar-refractivity contribution >= 4 is 5.69 Å². The van der Waals surface area contributed by atoms with Crippen LogP contribution in [0.3, 0.4) is 0 Å². The van der Waals surface area contributed by atoms with Crippen molar-refractivity contribution in [3.63, 3.8) is 0 Å². The van der Waals surface area contributed by atoms with Gasteiger partial charge in [0.25, 0.3) is 0 Å². The number of nitrogens with zero attached hydrogens (tertiary/aromatic N) is 1. The molecule has 1 aromatic rings. The van der Waals surface area contributed by atoms with Crippen molar-refractivity contribution in [2.24, 2.45) is 0 Å². The van der Waals surface area contributed by atoms with E-state index in [4.69, 9.17) is 0 Å². The lowest BCUT2D eigenvalue weighted by Gasteiger charge is -2.21. The standard InChI is InChI=1S/C13H20N2/c1-13(2)9-15(4)11-7-5-6-10(8-14-3)12(11)13/h5-7,14H,8-9H2,1-4H3. The molecule has 0 aliphatic carbocycles. The van der Waals surface area contributed by atoms with Crippen molar-refractivity contribution in [2.75, 3.05) is 25.5 Å². The summed E-state index contributed by atoms with van der Waals surface area (Å²) in [5.74, 6) is 0. The van der Waals surface area contributed by atoms with Crippen LogP contribution in [0.15, 0.2) is 18.2 Å². The van der Waals surface area contributed by atoms with E-state index in [1.54, 1.807) is 0 Å². The van der Waals surface area contributed by atoms with Gasteiger partial charge in [-0.2, -0.15) is 0 Å². The number of rotatable bonds is 2. The Morgan fingerprint density at radius 1 is 1.40 bits per heavy atom. The van der Waals surface area contributed by atoms with Gasteiger partial charge in [-0.05, 0) is 24.2 Å². The number of nitrogens with one attached hydrogen (secondary N) is 1. The van der Waals surface area contributed by atoms with Gasteiger partial charge in [0.2, 0.25) is 0 Å². The summed E-state index contributed by atoms with van der Waals surface area (Å²) in [6.45, 7) is 6.73. The Balaban J connectivity index is 2.54. The predicted octanol–water partition coefficient (Wildman–Crippen LogP) is 2.13. The third-order valence-electron chi connectivity index (χ3n) is 3.22. The minimum atomic E-state index is 0.275. The molecule has 0 atom stereocenters. The molecule has 0 unspecified atom stereocenters. The van der Waals surface area contributed by atoms with Gasteiger partial charge in [-0.3, -0.25) is 0 Å². The third kappa shape index (κ3) is 1.63. The zero-order chi connectivity index (χ0) is 11.1. The van der Waals surface area contributed by atoms with E-state index in [1.165, 1.54) is 16.8 Å². The molecule has 0 radical (unpaired) electrons. The van der Waals surface area contributed by atoms with Crippen LogP contribution in [0.25, 0.3) is 0 Å². The van der Waals surface area contributed by atoms with Crippen LogP contribution in [0, 0.1) is 0 Å².